The third kappa shape index (κ3) is 3.68. The first-order valence-electron chi connectivity index (χ1n) is 8.19. The van der Waals surface area contributed by atoms with Crippen LogP contribution in [0.3, 0.4) is 0 Å². The van der Waals surface area contributed by atoms with Gasteiger partial charge in [-0.2, -0.15) is 0 Å². The number of benzene rings is 2. The molecule has 0 bridgehead atoms. The van der Waals surface area contributed by atoms with Crippen molar-refractivity contribution in [1.29, 1.82) is 0 Å². The maximum Gasteiger partial charge on any atom is 0.276 e. The molecule has 5 N–H and O–H groups in total. The largest absolute Gasteiger partial charge is 0.507 e. The van der Waals surface area contributed by atoms with Gasteiger partial charge < -0.3 is 26.0 Å². The Morgan fingerprint density at radius 3 is 2.43 bits per heavy atom. The quantitative estimate of drug-likeness (QED) is 0.534. The smallest absolute Gasteiger partial charge is 0.276 e. The van der Waals surface area contributed by atoms with Gasteiger partial charge in [-0.05, 0) is 36.4 Å². The van der Waals surface area contributed by atoms with Crippen LogP contribution in [0.15, 0.2) is 54.9 Å². The number of nitrogens with zero attached hydrogens (tertiary/aromatic N) is 2. The molecule has 1 aromatic heterocycles. The lowest BCUT2D eigenvalue weighted by atomic mass is 10.2. The summed E-state index contributed by atoms with van der Waals surface area (Å²) < 4.78 is 0. The minimum absolute atomic E-state index is 0.00747. The van der Waals surface area contributed by atoms with Crippen molar-refractivity contribution in [2.75, 3.05) is 17.3 Å². The number of imidazole rings is 1. The second kappa shape index (κ2) is 7.62. The minimum atomic E-state index is -0.805. The van der Waals surface area contributed by atoms with Gasteiger partial charge in [-0.3, -0.25) is 14.4 Å². The summed E-state index contributed by atoms with van der Waals surface area (Å²) in [6, 6.07) is 12.7. The summed E-state index contributed by atoms with van der Waals surface area (Å²) in [5, 5.41) is 12.4. The van der Waals surface area contributed by atoms with Crippen molar-refractivity contribution < 1.29 is 19.5 Å². The minimum Gasteiger partial charge on any atom is -0.507 e. The summed E-state index contributed by atoms with van der Waals surface area (Å²) in [6.45, 7) is 0. The summed E-state index contributed by atoms with van der Waals surface area (Å²) >= 11 is 0. The summed E-state index contributed by atoms with van der Waals surface area (Å²) in [4.78, 5) is 43.8. The first-order chi connectivity index (χ1) is 13.4. The molecule has 0 unspecified atom stereocenters. The molecule has 3 amide bonds. The zero-order valence-corrected chi connectivity index (χ0v) is 14.8. The Balaban J connectivity index is 1.74. The van der Waals surface area contributed by atoms with Crippen LogP contribution in [0.5, 0.6) is 5.75 Å². The van der Waals surface area contributed by atoms with E-state index in [0.717, 1.165) is 0 Å². The monoisotopic (exact) mass is 379 g/mol. The van der Waals surface area contributed by atoms with Gasteiger partial charge in [0.25, 0.3) is 17.7 Å². The number of nitrogens with two attached hydrogens (primary N) is 1. The van der Waals surface area contributed by atoms with Crippen molar-refractivity contribution in [3.8, 4) is 5.75 Å². The number of amides is 3. The Morgan fingerprint density at radius 1 is 1.11 bits per heavy atom. The van der Waals surface area contributed by atoms with Crippen LogP contribution >= 0.6 is 0 Å². The highest BCUT2D eigenvalue weighted by molar-refractivity contribution is 6.11. The van der Waals surface area contributed by atoms with Crippen molar-refractivity contribution in [2.45, 2.75) is 0 Å². The third-order valence-electron chi connectivity index (χ3n) is 4.05. The van der Waals surface area contributed by atoms with Gasteiger partial charge in [-0.15, -0.1) is 0 Å². The highest BCUT2D eigenvalue weighted by atomic mass is 16.3. The van der Waals surface area contributed by atoms with Crippen LogP contribution in [-0.4, -0.2) is 39.8 Å². The number of phenolic OH excluding ortho intramolecular Hbond substituents is 1. The standard InChI is InChI=1S/C19H17N5O4/c1-24(19(28)16-15(17(20)26)21-10-22-16)12-8-6-11(7-9-12)23-18(27)13-4-2-3-5-14(13)25/h2-10,25H,1H3,(H2,20,26)(H,21,22)(H,23,27). The second-order valence-electron chi connectivity index (χ2n) is 5.87. The molecule has 0 aliphatic carbocycles. The lowest BCUT2D eigenvalue weighted by molar-refractivity contribution is 0.0958. The van der Waals surface area contributed by atoms with Crippen LogP contribution in [0.1, 0.15) is 31.3 Å². The number of para-hydroxylation sites is 1. The summed E-state index contributed by atoms with van der Waals surface area (Å²) in [7, 11) is 1.53. The fourth-order valence-corrected chi connectivity index (χ4v) is 2.56. The van der Waals surface area contributed by atoms with Crippen LogP contribution in [0, 0.1) is 0 Å². The molecule has 0 saturated carbocycles. The molecule has 0 radical (unpaired) electrons. The Kier molecular flexibility index (Phi) is 5.07. The molecule has 0 aliphatic heterocycles. The van der Waals surface area contributed by atoms with Crippen molar-refractivity contribution in [1.82, 2.24) is 9.97 Å². The van der Waals surface area contributed by atoms with Gasteiger partial charge in [0.2, 0.25) is 0 Å². The van der Waals surface area contributed by atoms with Crippen molar-refractivity contribution in [3.63, 3.8) is 0 Å². The van der Waals surface area contributed by atoms with E-state index in [2.05, 4.69) is 15.3 Å². The topological polar surface area (TPSA) is 141 Å². The van der Waals surface area contributed by atoms with E-state index in [0.29, 0.717) is 11.4 Å². The Morgan fingerprint density at radius 2 is 1.79 bits per heavy atom. The maximum absolute atomic E-state index is 12.6. The first-order valence-corrected chi connectivity index (χ1v) is 8.19. The van der Waals surface area contributed by atoms with Gasteiger partial charge in [0.05, 0.1) is 11.9 Å². The number of carbonyl (C=O) groups excluding carboxylic acids is 3. The van der Waals surface area contributed by atoms with E-state index >= 15 is 0 Å². The molecule has 1 heterocycles. The molecule has 0 aliphatic rings. The molecule has 142 valence electrons. The SMILES string of the molecule is CN(C(=O)c1[nH]cnc1C(N)=O)c1ccc(NC(=O)c2ccccc2O)cc1. The average molecular weight is 379 g/mol. The Labute approximate surface area is 159 Å². The predicted molar refractivity (Wildman–Crippen MR) is 102 cm³/mol. The van der Waals surface area contributed by atoms with Crippen LogP contribution in [0.2, 0.25) is 0 Å². The van der Waals surface area contributed by atoms with Crippen LogP contribution in [0.4, 0.5) is 11.4 Å². The molecule has 9 heteroatoms. The molecule has 3 aromatic rings. The normalized spacial score (nSPS) is 10.3. The van der Waals surface area contributed by atoms with Crippen LogP contribution in [-0.2, 0) is 0 Å². The molecular weight excluding hydrogens is 362 g/mol. The Bertz CT molecular complexity index is 1040. The molecule has 0 fully saturated rings. The number of primary amides is 1. The molecule has 0 saturated heterocycles. The average Bonchev–Trinajstić information content (AvgIpc) is 3.18. The molecule has 2 aromatic carbocycles. The zero-order chi connectivity index (χ0) is 20.3. The van der Waals surface area contributed by atoms with E-state index in [1.54, 1.807) is 36.4 Å². The number of anilines is 2. The lowest BCUT2D eigenvalue weighted by Gasteiger charge is -2.17. The van der Waals surface area contributed by atoms with Crippen LogP contribution < -0.4 is 16.0 Å². The number of hydrogen-bond donors (Lipinski definition) is 4. The van der Waals surface area contributed by atoms with E-state index < -0.39 is 17.7 Å². The predicted octanol–water partition coefficient (Wildman–Crippen LogP) is 1.74. The fourth-order valence-electron chi connectivity index (χ4n) is 2.56. The number of nitrogens with one attached hydrogen (secondary N) is 2. The summed E-state index contributed by atoms with van der Waals surface area (Å²) in [5.41, 5.74) is 6.22. The van der Waals surface area contributed by atoms with Crippen molar-refractivity contribution in [3.05, 3.63) is 71.8 Å². The number of aromatic hydroxyl groups is 1. The van der Waals surface area contributed by atoms with E-state index in [-0.39, 0.29) is 22.7 Å². The molecule has 3 rings (SSSR count). The summed E-state index contributed by atoms with van der Waals surface area (Å²) in [5.74, 6) is -1.87. The third-order valence-corrected chi connectivity index (χ3v) is 4.05. The number of carbonyl (C=O) groups is 3. The van der Waals surface area contributed by atoms with Gasteiger partial charge in [0.15, 0.2) is 5.69 Å². The lowest BCUT2D eigenvalue weighted by Crippen LogP contribution is -2.29. The number of hydrogen-bond acceptors (Lipinski definition) is 5. The Hall–Kier alpha value is -4.14. The number of H-pyrrole nitrogens is 1. The van der Waals surface area contributed by atoms with E-state index in [9.17, 15) is 19.5 Å². The maximum atomic E-state index is 12.6. The number of aromatic nitrogens is 2. The zero-order valence-electron chi connectivity index (χ0n) is 14.8. The first kappa shape index (κ1) is 18.6. The molecule has 28 heavy (non-hydrogen) atoms. The summed E-state index contributed by atoms with van der Waals surface area (Å²) in [6.07, 6.45) is 1.22. The highest BCUT2D eigenvalue weighted by Gasteiger charge is 2.22. The highest BCUT2D eigenvalue weighted by Crippen LogP contribution is 2.21. The molecule has 0 spiro atoms. The second-order valence-corrected chi connectivity index (χ2v) is 5.87. The van der Waals surface area contributed by atoms with E-state index in [1.807, 2.05) is 0 Å². The van der Waals surface area contributed by atoms with Crippen molar-refractivity contribution in [2.24, 2.45) is 5.73 Å². The van der Waals surface area contributed by atoms with Crippen molar-refractivity contribution >= 4 is 29.1 Å². The number of rotatable bonds is 5. The van der Waals surface area contributed by atoms with Crippen LogP contribution in [0.25, 0.3) is 0 Å². The van der Waals surface area contributed by atoms with Gasteiger partial charge in [-0.1, -0.05) is 12.1 Å². The molecule has 0 atom stereocenters. The van der Waals surface area contributed by atoms with E-state index in [1.165, 1.54) is 30.4 Å². The fraction of sp³-hybridized carbons (Fsp3) is 0.0526. The number of aromatic amines is 1. The number of phenols is 1. The van der Waals surface area contributed by atoms with E-state index in [4.69, 9.17) is 5.73 Å². The molecular formula is C19H17N5O4. The van der Waals surface area contributed by atoms with Gasteiger partial charge in [0, 0.05) is 18.4 Å². The van der Waals surface area contributed by atoms with Gasteiger partial charge >= 0.3 is 0 Å². The van der Waals surface area contributed by atoms with Gasteiger partial charge in [0.1, 0.15) is 11.4 Å². The molecule has 9 nitrogen and oxygen atoms in total. The van der Waals surface area contributed by atoms with Gasteiger partial charge in [-0.25, -0.2) is 4.98 Å².